The van der Waals surface area contributed by atoms with E-state index in [2.05, 4.69) is 39.8 Å². The molecule has 37 heavy (non-hydrogen) atoms. The number of nitrogens with one attached hydrogen (secondary N) is 1. The maximum absolute atomic E-state index is 11.9. The standard InChI is InChI=1S/C27H23N5O3S2/c1-17-7-6-10-21-24(30-31-27(36)29-22-11-4-5-12-23(22)37(28,34)35)26(33)32(25(17)21)16-18-13-14-19-8-2-3-9-20(19)15-18/h2-15,33H,16H2,1H3,(H,29,36)(H2,28,34,35). The average molecular weight is 530 g/mol. The van der Waals surface area contributed by atoms with Crippen LogP contribution in [0.3, 0.4) is 0 Å². The number of hydrogen-bond acceptors (Lipinski definition) is 5. The van der Waals surface area contributed by atoms with Crippen molar-refractivity contribution in [2.24, 2.45) is 15.4 Å². The Labute approximate surface area is 219 Å². The molecule has 10 heteroatoms. The lowest BCUT2D eigenvalue weighted by Crippen LogP contribution is -2.16. The number of benzene rings is 4. The maximum atomic E-state index is 11.9. The van der Waals surface area contributed by atoms with Crippen LogP contribution in [0.25, 0.3) is 21.7 Å². The van der Waals surface area contributed by atoms with Crippen LogP contribution in [0.15, 0.2) is 100 Å². The maximum Gasteiger partial charge on any atom is 0.240 e. The monoisotopic (exact) mass is 529 g/mol. The molecule has 0 unspecified atom stereocenters. The third-order valence-electron chi connectivity index (χ3n) is 6.06. The Morgan fingerprint density at radius 3 is 2.51 bits per heavy atom. The molecule has 0 atom stereocenters. The van der Waals surface area contributed by atoms with Crippen molar-refractivity contribution < 1.29 is 13.5 Å². The van der Waals surface area contributed by atoms with Crippen molar-refractivity contribution in [2.45, 2.75) is 18.4 Å². The van der Waals surface area contributed by atoms with Gasteiger partial charge in [-0.05, 0) is 59.2 Å². The zero-order valence-corrected chi connectivity index (χ0v) is 21.4. The summed E-state index contributed by atoms with van der Waals surface area (Å²) >= 11 is 5.27. The normalized spacial score (nSPS) is 11.9. The van der Waals surface area contributed by atoms with Crippen LogP contribution in [-0.4, -0.2) is 23.2 Å². The van der Waals surface area contributed by atoms with Gasteiger partial charge in [0, 0.05) is 5.39 Å². The Morgan fingerprint density at radius 2 is 1.73 bits per heavy atom. The minimum Gasteiger partial charge on any atom is -0.493 e. The van der Waals surface area contributed by atoms with E-state index in [1.165, 1.54) is 12.1 Å². The highest BCUT2D eigenvalue weighted by atomic mass is 32.2. The molecule has 0 aliphatic carbocycles. The van der Waals surface area contributed by atoms with Gasteiger partial charge in [0.1, 0.15) is 4.90 Å². The van der Waals surface area contributed by atoms with E-state index in [0.29, 0.717) is 6.54 Å². The van der Waals surface area contributed by atoms with E-state index in [1.807, 2.05) is 43.3 Å². The van der Waals surface area contributed by atoms with Crippen LogP contribution < -0.4 is 10.5 Å². The Hall–Kier alpha value is -4.12. The second-order valence-electron chi connectivity index (χ2n) is 8.58. The zero-order chi connectivity index (χ0) is 26.2. The predicted octanol–water partition coefficient (Wildman–Crippen LogP) is 5.98. The number of hydrogen-bond donors (Lipinski definition) is 3. The lowest BCUT2D eigenvalue weighted by molar-refractivity contribution is 0.429. The van der Waals surface area contributed by atoms with E-state index in [9.17, 15) is 13.5 Å². The van der Waals surface area contributed by atoms with Gasteiger partial charge in [-0.25, -0.2) is 13.6 Å². The first-order chi connectivity index (χ1) is 17.7. The van der Waals surface area contributed by atoms with Gasteiger partial charge in [-0.3, -0.25) is 0 Å². The molecule has 1 aromatic heterocycles. The largest absolute Gasteiger partial charge is 0.493 e. The lowest BCUT2D eigenvalue weighted by atomic mass is 10.1. The molecule has 5 aromatic rings. The number of thiocarbonyl (C=S) groups is 1. The molecule has 0 amide bonds. The molecule has 0 aliphatic rings. The molecule has 4 aromatic carbocycles. The van der Waals surface area contributed by atoms with Gasteiger partial charge < -0.3 is 15.0 Å². The van der Waals surface area contributed by atoms with Crippen LogP contribution in [0.2, 0.25) is 0 Å². The predicted molar refractivity (Wildman–Crippen MR) is 150 cm³/mol. The van der Waals surface area contributed by atoms with Crippen molar-refractivity contribution in [2.75, 3.05) is 5.32 Å². The van der Waals surface area contributed by atoms with E-state index in [1.54, 1.807) is 16.7 Å². The summed E-state index contributed by atoms with van der Waals surface area (Å²) < 4.78 is 25.5. The number of aromatic hydroxyl groups is 1. The van der Waals surface area contributed by atoms with Gasteiger partial charge in [0.2, 0.25) is 21.0 Å². The number of sulfonamides is 1. The molecule has 8 nitrogen and oxygen atoms in total. The van der Waals surface area contributed by atoms with E-state index in [4.69, 9.17) is 17.4 Å². The average Bonchev–Trinajstić information content (AvgIpc) is 3.14. The highest BCUT2D eigenvalue weighted by Gasteiger charge is 2.19. The minimum absolute atomic E-state index is 0.0473. The molecule has 0 aliphatic heterocycles. The smallest absolute Gasteiger partial charge is 0.240 e. The first-order valence-electron chi connectivity index (χ1n) is 11.4. The third-order valence-corrected chi connectivity index (χ3v) is 7.21. The lowest BCUT2D eigenvalue weighted by Gasteiger charge is -2.10. The first-order valence-corrected chi connectivity index (χ1v) is 13.3. The SMILES string of the molecule is Cc1cccc2c(N=NC(=S)Nc3ccccc3S(N)(=O)=O)c(O)n(Cc3ccc4ccccc4c3)c12. The van der Waals surface area contributed by atoms with Gasteiger partial charge in [0.25, 0.3) is 0 Å². The van der Waals surface area contributed by atoms with E-state index >= 15 is 0 Å². The second-order valence-corrected chi connectivity index (χ2v) is 10.5. The summed E-state index contributed by atoms with van der Waals surface area (Å²) in [5, 5.41) is 30.4. The van der Waals surface area contributed by atoms with Gasteiger partial charge in [0.15, 0.2) is 5.69 Å². The van der Waals surface area contributed by atoms with E-state index in [-0.39, 0.29) is 27.3 Å². The Bertz CT molecular complexity index is 1810. The van der Waals surface area contributed by atoms with Crippen molar-refractivity contribution in [1.29, 1.82) is 0 Å². The van der Waals surface area contributed by atoms with Crippen molar-refractivity contribution >= 4 is 60.4 Å². The minimum atomic E-state index is -3.96. The highest BCUT2D eigenvalue weighted by molar-refractivity contribution is 7.89. The Morgan fingerprint density at radius 1 is 1.00 bits per heavy atom. The van der Waals surface area contributed by atoms with Gasteiger partial charge in [-0.15, -0.1) is 10.2 Å². The number of fused-ring (bicyclic) bond motifs is 2. The topological polar surface area (TPSA) is 122 Å². The summed E-state index contributed by atoms with van der Waals surface area (Å²) in [4.78, 5) is -0.113. The number of nitrogens with two attached hydrogens (primary N) is 1. The fourth-order valence-corrected chi connectivity index (χ4v) is 5.23. The third kappa shape index (κ3) is 4.94. The van der Waals surface area contributed by atoms with E-state index < -0.39 is 10.0 Å². The summed E-state index contributed by atoms with van der Waals surface area (Å²) in [7, 11) is -3.96. The molecule has 0 fully saturated rings. The van der Waals surface area contributed by atoms with E-state index in [0.717, 1.165) is 32.8 Å². The summed E-state index contributed by atoms with van der Waals surface area (Å²) in [5.41, 5.74) is 3.28. The fraction of sp³-hybridized carbons (Fsp3) is 0.0741. The van der Waals surface area contributed by atoms with Crippen molar-refractivity contribution in [3.8, 4) is 5.88 Å². The molecule has 0 radical (unpaired) electrons. The van der Waals surface area contributed by atoms with Crippen molar-refractivity contribution in [3.05, 3.63) is 96.1 Å². The molecular weight excluding hydrogens is 506 g/mol. The van der Waals surface area contributed by atoms with Crippen molar-refractivity contribution in [1.82, 2.24) is 4.57 Å². The number of para-hydroxylation sites is 2. The van der Waals surface area contributed by atoms with Crippen molar-refractivity contribution in [3.63, 3.8) is 0 Å². The van der Waals surface area contributed by atoms with Crippen LogP contribution in [0, 0.1) is 6.92 Å². The van der Waals surface area contributed by atoms with Crippen LogP contribution in [0.4, 0.5) is 11.4 Å². The molecule has 0 saturated carbocycles. The fourth-order valence-electron chi connectivity index (χ4n) is 4.39. The number of rotatable bonds is 5. The number of anilines is 1. The highest BCUT2D eigenvalue weighted by Crippen LogP contribution is 2.40. The van der Waals surface area contributed by atoms with Crippen LogP contribution in [0.5, 0.6) is 5.88 Å². The molecule has 5 rings (SSSR count). The zero-order valence-electron chi connectivity index (χ0n) is 19.8. The number of nitrogens with zero attached hydrogens (tertiary/aromatic N) is 3. The second kappa shape index (κ2) is 9.74. The van der Waals surface area contributed by atoms with Gasteiger partial charge in [-0.2, -0.15) is 0 Å². The molecular formula is C27H23N5O3S2. The molecule has 0 bridgehead atoms. The number of aromatic nitrogens is 1. The van der Waals surface area contributed by atoms with Gasteiger partial charge in [0.05, 0.1) is 17.7 Å². The molecule has 4 N–H and O–H groups in total. The number of primary sulfonamides is 1. The summed E-state index contributed by atoms with van der Waals surface area (Å²) in [6.07, 6.45) is 0. The van der Waals surface area contributed by atoms with Crippen LogP contribution >= 0.6 is 12.2 Å². The molecule has 186 valence electrons. The van der Waals surface area contributed by atoms with Gasteiger partial charge >= 0.3 is 0 Å². The number of azo groups is 1. The molecule has 0 saturated heterocycles. The van der Waals surface area contributed by atoms with Crippen LogP contribution in [-0.2, 0) is 16.6 Å². The Balaban J connectivity index is 1.50. The summed E-state index contributed by atoms with van der Waals surface area (Å²) in [6, 6.07) is 26.1. The number of aryl methyl sites for hydroxylation is 1. The molecule has 0 spiro atoms. The quantitative estimate of drug-likeness (QED) is 0.191. The molecule has 1 heterocycles. The van der Waals surface area contributed by atoms with Crippen LogP contribution in [0.1, 0.15) is 11.1 Å². The van der Waals surface area contributed by atoms with Gasteiger partial charge in [-0.1, -0.05) is 66.7 Å². The summed E-state index contributed by atoms with van der Waals surface area (Å²) in [6.45, 7) is 2.40. The first kappa shape index (κ1) is 24.6. The summed E-state index contributed by atoms with van der Waals surface area (Å²) in [5.74, 6) is -0.0473. The Kier molecular flexibility index (Phi) is 6.46.